The summed E-state index contributed by atoms with van der Waals surface area (Å²) in [4.78, 5) is 14.9. The topological polar surface area (TPSA) is 85.4 Å². The second kappa shape index (κ2) is 6.69. The second-order valence-corrected chi connectivity index (χ2v) is 6.01. The molecule has 0 saturated carbocycles. The summed E-state index contributed by atoms with van der Waals surface area (Å²) in [6.45, 7) is 1.90. The summed E-state index contributed by atoms with van der Waals surface area (Å²) in [5, 5.41) is 0. The number of rotatable bonds is 6. The van der Waals surface area contributed by atoms with Crippen LogP contribution in [0, 0.1) is 0 Å². The summed E-state index contributed by atoms with van der Waals surface area (Å²) in [5.41, 5.74) is 0. The van der Waals surface area contributed by atoms with Crippen LogP contribution in [-0.4, -0.2) is 31.7 Å². The Morgan fingerprint density at radius 1 is 1.56 bits per heavy atom. The number of anilines is 1. The number of halogens is 1. The first-order chi connectivity index (χ1) is 8.44. The molecule has 0 amide bonds. The third kappa shape index (κ3) is 5.01. The van der Waals surface area contributed by atoms with Crippen molar-refractivity contribution in [2.45, 2.75) is 13.3 Å². The van der Waals surface area contributed by atoms with E-state index in [4.69, 9.17) is 0 Å². The van der Waals surface area contributed by atoms with Crippen molar-refractivity contribution in [3.63, 3.8) is 0 Å². The number of hydrogen-bond donors (Lipinski definition) is 1. The third-order valence-electron chi connectivity index (χ3n) is 1.89. The molecule has 18 heavy (non-hydrogen) atoms. The normalized spacial score (nSPS) is 11.0. The van der Waals surface area contributed by atoms with Crippen LogP contribution < -0.4 is 4.72 Å². The molecule has 1 aromatic heterocycles. The first-order valence-electron chi connectivity index (χ1n) is 5.21. The number of ether oxygens (including phenoxy) is 1. The molecule has 1 aromatic rings. The van der Waals surface area contributed by atoms with Crippen LogP contribution >= 0.6 is 15.9 Å². The van der Waals surface area contributed by atoms with E-state index >= 15 is 0 Å². The smallest absolute Gasteiger partial charge is 0.306 e. The van der Waals surface area contributed by atoms with Gasteiger partial charge in [0.1, 0.15) is 0 Å². The quantitative estimate of drug-likeness (QED) is 0.796. The van der Waals surface area contributed by atoms with E-state index in [2.05, 4.69) is 30.4 Å². The largest absolute Gasteiger partial charge is 0.466 e. The van der Waals surface area contributed by atoms with Crippen molar-refractivity contribution in [1.82, 2.24) is 4.98 Å². The Kier molecular flexibility index (Phi) is 5.54. The van der Waals surface area contributed by atoms with Gasteiger partial charge < -0.3 is 4.74 Å². The molecule has 0 aliphatic rings. The SMILES string of the molecule is CCOC(=O)CCS(=O)(=O)Nc1ncccc1Br. The van der Waals surface area contributed by atoms with Crippen LogP contribution in [0.15, 0.2) is 22.8 Å². The van der Waals surface area contributed by atoms with Gasteiger partial charge in [-0.25, -0.2) is 13.4 Å². The van der Waals surface area contributed by atoms with E-state index in [0.29, 0.717) is 4.47 Å². The van der Waals surface area contributed by atoms with Gasteiger partial charge >= 0.3 is 5.97 Å². The average molecular weight is 337 g/mol. The molecule has 0 atom stereocenters. The molecule has 0 saturated heterocycles. The maximum absolute atomic E-state index is 11.7. The van der Waals surface area contributed by atoms with Crippen molar-refractivity contribution in [3.05, 3.63) is 22.8 Å². The monoisotopic (exact) mass is 336 g/mol. The molecule has 100 valence electrons. The lowest BCUT2D eigenvalue weighted by Gasteiger charge is -2.08. The van der Waals surface area contributed by atoms with Crippen LogP contribution in [-0.2, 0) is 19.6 Å². The van der Waals surface area contributed by atoms with E-state index in [0.717, 1.165) is 0 Å². The minimum Gasteiger partial charge on any atom is -0.466 e. The maximum Gasteiger partial charge on any atom is 0.306 e. The van der Waals surface area contributed by atoms with Crippen LogP contribution in [0.25, 0.3) is 0 Å². The molecule has 1 heterocycles. The predicted octanol–water partition coefficient (Wildman–Crippen LogP) is 1.54. The number of nitrogens with one attached hydrogen (secondary N) is 1. The van der Waals surface area contributed by atoms with Crippen molar-refractivity contribution in [1.29, 1.82) is 0 Å². The van der Waals surface area contributed by atoms with Crippen LogP contribution in [0.5, 0.6) is 0 Å². The first-order valence-corrected chi connectivity index (χ1v) is 7.66. The fourth-order valence-electron chi connectivity index (χ4n) is 1.11. The molecule has 1 rings (SSSR count). The molecule has 1 N–H and O–H groups in total. The first kappa shape index (κ1) is 14.9. The van der Waals surface area contributed by atoms with Crippen LogP contribution in [0.2, 0.25) is 0 Å². The van der Waals surface area contributed by atoms with Crippen molar-refractivity contribution >= 4 is 37.7 Å². The van der Waals surface area contributed by atoms with E-state index in [1.807, 2.05) is 0 Å². The lowest BCUT2D eigenvalue weighted by Crippen LogP contribution is -2.20. The molecule has 0 aliphatic heterocycles. The number of aromatic nitrogens is 1. The molecule has 0 radical (unpaired) electrons. The Hall–Kier alpha value is -1.15. The molecule has 8 heteroatoms. The van der Waals surface area contributed by atoms with Crippen LogP contribution in [0.4, 0.5) is 5.82 Å². The zero-order chi connectivity index (χ0) is 13.6. The van der Waals surface area contributed by atoms with E-state index in [9.17, 15) is 13.2 Å². The Morgan fingerprint density at radius 3 is 2.89 bits per heavy atom. The van der Waals surface area contributed by atoms with Crippen molar-refractivity contribution in [2.75, 3.05) is 17.1 Å². The molecule has 0 bridgehead atoms. The van der Waals surface area contributed by atoms with Gasteiger partial charge in [-0.05, 0) is 35.0 Å². The molecular weight excluding hydrogens is 324 g/mol. The summed E-state index contributed by atoms with van der Waals surface area (Å²) in [6.07, 6.45) is 1.28. The summed E-state index contributed by atoms with van der Waals surface area (Å²) in [6, 6.07) is 3.33. The van der Waals surface area contributed by atoms with Gasteiger partial charge in [0.25, 0.3) is 0 Å². The molecule has 6 nitrogen and oxygen atoms in total. The van der Waals surface area contributed by atoms with Gasteiger partial charge in [-0.3, -0.25) is 9.52 Å². The minimum absolute atomic E-state index is 0.187. The maximum atomic E-state index is 11.7. The number of pyridine rings is 1. The summed E-state index contributed by atoms with van der Waals surface area (Å²) >= 11 is 3.17. The highest BCUT2D eigenvalue weighted by molar-refractivity contribution is 9.10. The Balaban J connectivity index is 2.60. The molecular formula is C10H13BrN2O4S. The number of carbonyl (C=O) groups excluding carboxylic acids is 1. The highest BCUT2D eigenvalue weighted by Gasteiger charge is 2.15. The minimum atomic E-state index is -3.61. The number of sulfonamides is 1. The van der Waals surface area contributed by atoms with E-state index in [1.165, 1.54) is 6.20 Å². The van der Waals surface area contributed by atoms with Gasteiger partial charge in [0.05, 0.1) is 23.3 Å². The number of hydrogen-bond acceptors (Lipinski definition) is 5. The fraction of sp³-hybridized carbons (Fsp3) is 0.400. The summed E-state index contributed by atoms with van der Waals surface area (Å²) < 4.78 is 30.8. The van der Waals surface area contributed by atoms with Crippen molar-refractivity contribution in [2.24, 2.45) is 0 Å². The zero-order valence-corrected chi connectivity index (χ0v) is 12.1. The van der Waals surface area contributed by atoms with Gasteiger partial charge in [-0.15, -0.1) is 0 Å². The van der Waals surface area contributed by atoms with Gasteiger partial charge in [-0.2, -0.15) is 0 Å². The average Bonchev–Trinajstić information content (AvgIpc) is 2.30. The van der Waals surface area contributed by atoms with E-state index < -0.39 is 16.0 Å². The summed E-state index contributed by atoms with van der Waals surface area (Å²) in [5.74, 6) is -0.682. The Labute approximate surface area is 114 Å². The molecule has 0 spiro atoms. The predicted molar refractivity (Wildman–Crippen MR) is 70.6 cm³/mol. The Bertz CT molecular complexity index is 518. The van der Waals surface area contributed by atoms with Crippen LogP contribution in [0.1, 0.15) is 13.3 Å². The number of esters is 1. The highest BCUT2D eigenvalue weighted by atomic mass is 79.9. The van der Waals surface area contributed by atoms with Crippen molar-refractivity contribution in [3.8, 4) is 0 Å². The fourth-order valence-corrected chi connectivity index (χ4v) is 2.59. The number of carbonyl (C=O) groups is 1. The van der Waals surface area contributed by atoms with Crippen LogP contribution in [0.3, 0.4) is 0 Å². The van der Waals surface area contributed by atoms with Gasteiger partial charge in [-0.1, -0.05) is 0 Å². The molecule has 0 unspecified atom stereocenters. The van der Waals surface area contributed by atoms with Gasteiger partial charge in [0.15, 0.2) is 5.82 Å². The van der Waals surface area contributed by atoms with Crippen molar-refractivity contribution < 1.29 is 17.9 Å². The highest BCUT2D eigenvalue weighted by Crippen LogP contribution is 2.19. The molecule has 0 fully saturated rings. The lowest BCUT2D eigenvalue weighted by atomic mass is 10.5. The second-order valence-electron chi connectivity index (χ2n) is 3.31. The Morgan fingerprint density at radius 2 is 2.28 bits per heavy atom. The van der Waals surface area contributed by atoms with Gasteiger partial charge in [0, 0.05) is 6.20 Å². The third-order valence-corrected chi connectivity index (χ3v) is 3.78. The molecule has 0 aliphatic carbocycles. The van der Waals surface area contributed by atoms with E-state index in [1.54, 1.807) is 19.1 Å². The van der Waals surface area contributed by atoms with Gasteiger partial charge in [0.2, 0.25) is 10.0 Å². The standard InChI is InChI=1S/C10H13BrN2O4S/c1-2-17-9(14)5-7-18(15,16)13-10-8(11)4-3-6-12-10/h3-4,6H,2,5,7H2,1H3,(H,12,13). The lowest BCUT2D eigenvalue weighted by molar-refractivity contribution is -0.142. The zero-order valence-electron chi connectivity index (χ0n) is 9.72. The number of nitrogens with zero attached hydrogens (tertiary/aromatic N) is 1. The summed E-state index contributed by atoms with van der Waals surface area (Å²) in [7, 11) is -3.61. The van der Waals surface area contributed by atoms with E-state index in [-0.39, 0.29) is 24.6 Å². The molecule has 0 aromatic carbocycles.